The summed E-state index contributed by atoms with van der Waals surface area (Å²) in [4.78, 5) is 0. The number of hydrogen-bond donors (Lipinski definition) is 0. The van der Waals surface area contributed by atoms with E-state index < -0.39 is 0 Å². The van der Waals surface area contributed by atoms with Gasteiger partial charge in [-0.05, 0) is 0 Å². The minimum Gasteiger partial charge on any atom is -0.423 e. The van der Waals surface area contributed by atoms with E-state index in [2.05, 4.69) is 6.29 Å². The van der Waals surface area contributed by atoms with Crippen LogP contribution in [0.15, 0.2) is 0 Å². The van der Waals surface area contributed by atoms with Gasteiger partial charge >= 0.3 is 25.8 Å². The molecule has 3 heteroatoms. The van der Waals surface area contributed by atoms with Crippen molar-refractivity contribution in [2.45, 2.75) is 0 Å². The molecule has 35 valence electrons. The van der Waals surface area contributed by atoms with E-state index in [0.29, 0.717) is 8.58 Å². The Morgan fingerprint density at radius 1 is 1.67 bits per heavy atom. The van der Waals surface area contributed by atoms with E-state index in [4.69, 9.17) is 4.42 Å². The molecule has 0 fully saturated rings. The molecule has 0 aromatic heterocycles. The van der Waals surface area contributed by atoms with Crippen molar-refractivity contribution in [3.05, 3.63) is 0 Å². The van der Waals surface area contributed by atoms with Crippen LogP contribution in [0.5, 0.6) is 0 Å². The summed E-state index contributed by atoms with van der Waals surface area (Å²) in [6, 6.07) is 0. The van der Waals surface area contributed by atoms with Gasteiger partial charge in [0, 0.05) is 12.4 Å². The van der Waals surface area contributed by atoms with Crippen molar-refractivity contribution < 1.29 is 23.9 Å². The van der Waals surface area contributed by atoms with Gasteiger partial charge in [-0.15, -0.1) is 0 Å². The Labute approximate surface area is 51.7 Å². The summed E-state index contributed by atoms with van der Waals surface area (Å²) in [5.74, 6) is 0. The molecule has 1 heterocycles. The number of carbonyl (C=O) groups excluding carboxylic acids is 1. The fraction of sp³-hybridized carbons (Fsp3) is 0.667. The zero-order valence-electron chi connectivity index (χ0n) is 3.23. The Balaban J connectivity index is 0.000000250. The Bertz CT molecular complexity index is 48.8. The van der Waals surface area contributed by atoms with E-state index in [0.717, 1.165) is 12.5 Å². The van der Waals surface area contributed by atoms with Gasteiger partial charge in [-0.3, -0.25) is 0 Å². The third kappa shape index (κ3) is 2.00. The SMILES string of the molecule is [C-]1=[O+]C[PH2+]C1.[Rh+2]. The molecule has 1 radical (unpaired) electrons. The van der Waals surface area contributed by atoms with Gasteiger partial charge in [-0.25, -0.2) is 0 Å². The van der Waals surface area contributed by atoms with Crippen LogP contribution in [0.2, 0.25) is 0 Å². The quantitative estimate of drug-likeness (QED) is 0.222. The van der Waals surface area contributed by atoms with Crippen molar-refractivity contribution in [1.82, 2.24) is 0 Å². The zero-order valence-corrected chi connectivity index (χ0v) is 6.03. The predicted molar refractivity (Wildman–Crippen MR) is 25.1 cm³/mol. The normalized spacial score (nSPS) is 21.3. The fourth-order valence-corrected chi connectivity index (χ4v) is 0.884. The summed E-state index contributed by atoms with van der Waals surface area (Å²) < 4.78 is 4.73. The van der Waals surface area contributed by atoms with Crippen LogP contribution in [0.3, 0.4) is 0 Å². The Morgan fingerprint density at radius 2 is 2.50 bits per heavy atom. The van der Waals surface area contributed by atoms with Gasteiger partial charge in [-0.2, -0.15) is 0 Å². The summed E-state index contributed by atoms with van der Waals surface area (Å²) in [5.41, 5.74) is 0. The van der Waals surface area contributed by atoms with Gasteiger partial charge in [0.05, 0.1) is 8.58 Å². The fourth-order valence-electron chi connectivity index (χ4n) is 0.295. The van der Waals surface area contributed by atoms with Crippen LogP contribution in [0.1, 0.15) is 0 Å². The van der Waals surface area contributed by atoms with E-state index in [1.807, 2.05) is 0 Å². The Morgan fingerprint density at radius 3 is 2.67 bits per heavy atom. The molecule has 1 atom stereocenters. The van der Waals surface area contributed by atoms with E-state index in [-0.39, 0.29) is 19.5 Å². The molecule has 1 nitrogen and oxygen atoms in total. The first-order chi connectivity index (χ1) is 2.50. The van der Waals surface area contributed by atoms with E-state index >= 15 is 0 Å². The molecule has 0 bridgehead atoms. The summed E-state index contributed by atoms with van der Waals surface area (Å²) >= 11 is 0. The molecular formula is C3H6OPRh+3. The average Bonchev–Trinajstić information content (AvgIpc) is 1.76. The van der Waals surface area contributed by atoms with Crippen molar-refractivity contribution in [3.63, 3.8) is 0 Å². The molecule has 1 rings (SSSR count). The third-order valence-electron chi connectivity index (χ3n) is 0.531. The summed E-state index contributed by atoms with van der Waals surface area (Å²) in [5, 5.41) is 0. The first kappa shape index (κ1) is 6.72. The van der Waals surface area contributed by atoms with E-state index in [1.54, 1.807) is 0 Å². The maximum Gasteiger partial charge on any atom is 2.00 e. The van der Waals surface area contributed by atoms with Crippen molar-refractivity contribution in [1.29, 1.82) is 0 Å². The maximum atomic E-state index is 4.73. The van der Waals surface area contributed by atoms with Crippen LogP contribution >= 0.6 is 8.58 Å². The molecule has 0 aromatic carbocycles. The molecule has 1 aliphatic heterocycles. The second kappa shape index (κ2) is 3.90. The molecule has 0 aromatic rings. The van der Waals surface area contributed by atoms with Crippen molar-refractivity contribution >= 4 is 14.9 Å². The van der Waals surface area contributed by atoms with Gasteiger partial charge < -0.3 is 4.42 Å². The van der Waals surface area contributed by atoms with Gasteiger partial charge in [0.1, 0.15) is 0 Å². The van der Waals surface area contributed by atoms with E-state index in [1.165, 1.54) is 0 Å². The smallest absolute Gasteiger partial charge is 0.423 e. The van der Waals surface area contributed by atoms with Gasteiger partial charge in [-0.1, -0.05) is 0 Å². The molecule has 0 spiro atoms. The largest absolute Gasteiger partial charge is 2.00 e. The van der Waals surface area contributed by atoms with Crippen molar-refractivity contribution in [2.24, 2.45) is 0 Å². The molecule has 1 unspecified atom stereocenters. The third-order valence-corrected chi connectivity index (χ3v) is 1.39. The van der Waals surface area contributed by atoms with Gasteiger partial charge in [0.15, 0.2) is 0 Å². The minimum absolute atomic E-state index is 0. The average molecular weight is 192 g/mol. The Kier molecular flexibility index (Phi) is 4.37. The first-order valence-electron chi connectivity index (χ1n) is 1.66. The second-order valence-electron chi connectivity index (χ2n) is 0.948. The Hall–Kier alpha value is 0.723. The molecule has 0 saturated heterocycles. The molecular weight excluding hydrogens is 186 g/mol. The number of rotatable bonds is 0. The summed E-state index contributed by atoms with van der Waals surface area (Å²) in [6.45, 7) is 0. The van der Waals surface area contributed by atoms with E-state index in [9.17, 15) is 0 Å². The van der Waals surface area contributed by atoms with Crippen LogP contribution in [-0.2, 0) is 23.9 Å². The van der Waals surface area contributed by atoms with Crippen LogP contribution in [0.4, 0.5) is 0 Å². The van der Waals surface area contributed by atoms with Crippen LogP contribution in [0.25, 0.3) is 0 Å². The topological polar surface area (TPSA) is 11.3 Å². The van der Waals surface area contributed by atoms with Gasteiger partial charge in [0.2, 0.25) is 0 Å². The second-order valence-corrected chi connectivity index (χ2v) is 2.27. The molecule has 6 heavy (non-hydrogen) atoms. The van der Waals surface area contributed by atoms with Crippen LogP contribution in [0, 0.1) is 0 Å². The maximum absolute atomic E-state index is 4.73. The molecule has 1 aliphatic rings. The summed E-state index contributed by atoms with van der Waals surface area (Å²) in [7, 11) is 0.593. The predicted octanol–water partition coefficient (Wildman–Crippen LogP) is 0.0112. The first-order valence-corrected chi connectivity index (χ1v) is 3.30. The van der Waals surface area contributed by atoms with Crippen molar-refractivity contribution in [3.8, 4) is 0 Å². The molecule has 0 amide bonds. The zero-order chi connectivity index (χ0) is 3.54. The molecule has 0 aliphatic carbocycles. The van der Waals surface area contributed by atoms with Crippen LogP contribution in [-0.4, -0.2) is 18.8 Å². The standard InChI is InChI=1S/C3H5OP.Rh/c1-2-5-3-4-1;/h5H,2-3H2;/q;+2/p+1. The van der Waals surface area contributed by atoms with Crippen LogP contribution < -0.4 is 0 Å². The van der Waals surface area contributed by atoms with Gasteiger partial charge in [0.25, 0.3) is 0 Å². The van der Waals surface area contributed by atoms with Crippen molar-refractivity contribution in [2.75, 3.05) is 12.5 Å². The monoisotopic (exact) mass is 192 g/mol. The molecule has 0 N–H and O–H groups in total. The minimum atomic E-state index is 0. The molecule has 0 saturated carbocycles. The number of hydrogen-bond acceptors (Lipinski definition) is 0. The summed E-state index contributed by atoms with van der Waals surface area (Å²) in [6.07, 6.45) is 4.84.